The second-order valence-electron chi connectivity index (χ2n) is 7.66. The Bertz CT molecular complexity index is 1080. The lowest BCUT2D eigenvalue weighted by Crippen LogP contribution is -2.33. The first-order chi connectivity index (χ1) is 14.7. The molecule has 0 spiro atoms. The van der Waals surface area contributed by atoms with Gasteiger partial charge in [-0.05, 0) is 49.1 Å². The summed E-state index contributed by atoms with van der Waals surface area (Å²) in [5.41, 5.74) is 2.55. The van der Waals surface area contributed by atoms with Crippen molar-refractivity contribution >= 4 is 28.6 Å². The third-order valence-corrected chi connectivity index (χ3v) is 6.55. The van der Waals surface area contributed by atoms with Gasteiger partial charge in [-0.3, -0.25) is 14.2 Å². The van der Waals surface area contributed by atoms with Gasteiger partial charge in [0.25, 0.3) is 5.56 Å². The Hall–Kier alpha value is -2.60. The summed E-state index contributed by atoms with van der Waals surface area (Å²) in [6.07, 6.45) is 5.46. The molecule has 0 atom stereocenters. The van der Waals surface area contributed by atoms with Crippen molar-refractivity contribution in [2.45, 2.75) is 44.2 Å². The fraction of sp³-hybridized carbons (Fsp3) is 0.375. The number of hydrogen-bond acceptors (Lipinski definition) is 4. The van der Waals surface area contributed by atoms with Crippen LogP contribution in [0, 0.1) is 0 Å². The second-order valence-corrected chi connectivity index (χ2v) is 8.60. The average Bonchev–Trinajstić information content (AvgIpc) is 3.07. The van der Waals surface area contributed by atoms with Crippen LogP contribution in [0.4, 0.5) is 0 Å². The molecule has 2 heterocycles. The third-order valence-electron chi connectivity index (χ3n) is 5.63. The highest BCUT2D eigenvalue weighted by Crippen LogP contribution is 2.23. The Kier molecular flexibility index (Phi) is 6.53. The minimum absolute atomic E-state index is 0.102. The zero-order valence-corrected chi connectivity index (χ0v) is 18.2. The van der Waals surface area contributed by atoms with E-state index in [9.17, 15) is 9.59 Å². The third kappa shape index (κ3) is 4.43. The SMILES string of the molecule is CCc1ccc(-n2c(SCC(=O)N3CCCCCC3)nc3ccccc3c2=O)cc1. The first kappa shape index (κ1) is 20.7. The fourth-order valence-corrected chi connectivity index (χ4v) is 4.77. The van der Waals surface area contributed by atoms with Crippen molar-refractivity contribution in [3.8, 4) is 5.69 Å². The molecule has 1 saturated heterocycles. The molecule has 0 unspecified atom stereocenters. The molecule has 3 aromatic rings. The lowest BCUT2D eigenvalue weighted by atomic mass is 10.1. The first-order valence-electron chi connectivity index (χ1n) is 10.7. The van der Waals surface area contributed by atoms with Gasteiger partial charge in [-0.1, -0.05) is 55.8 Å². The van der Waals surface area contributed by atoms with Crippen LogP contribution in [0.25, 0.3) is 16.6 Å². The van der Waals surface area contributed by atoms with Crippen LogP contribution in [-0.4, -0.2) is 39.2 Å². The molecule has 4 rings (SSSR count). The molecule has 0 aliphatic carbocycles. The molecule has 0 N–H and O–H groups in total. The molecule has 1 aliphatic rings. The van der Waals surface area contributed by atoms with E-state index in [4.69, 9.17) is 4.98 Å². The summed E-state index contributed by atoms with van der Waals surface area (Å²) in [6.45, 7) is 3.76. The summed E-state index contributed by atoms with van der Waals surface area (Å²) in [5.74, 6) is 0.412. The normalized spacial score (nSPS) is 14.6. The van der Waals surface area contributed by atoms with Crippen LogP contribution in [0.15, 0.2) is 58.5 Å². The number of fused-ring (bicyclic) bond motifs is 1. The molecule has 0 bridgehead atoms. The Morgan fingerprint density at radius 1 is 1.00 bits per heavy atom. The van der Waals surface area contributed by atoms with Crippen molar-refractivity contribution in [3.63, 3.8) is 0 Å². The monoisotopic (exact) mass is 421 g/mol. The minimum Gasteiger partial charge on any atom is -0.342 e. The molecule has 30 heavy (non-hydrogen) atoms. The van der Waals surface area contributed by atoms with Gasteiger partial charge in [-0.15, -0.1) is 0 Å². The van der Waals surface area contributed by atoms with Gasteiger partial charge in [0.2, 0.25) is 5.91 Å². The average molecular weight is 422 g/mol. The fourth-order valence-electron chi connectivity index (χ4n) is 3.86. The summed E-state index contributed by atoms with van der Waals surface area (Å²) in [4.78, 5) is 32.8. The second kappa shape index (κ2) is 9.47. The van der Waals surface area contributed by atoms with Crippen LogP contribution in [0.5, 0.6) is 0 Å². The number of aromatic nitrogens is 2. The molecule has 1 aliphatic heterocycles. The number of carbonyl (C=O) groups excluding carboxylic acids is 1. The maximum absolute atomic E-state index is 13.3. The quantitative estimate of drug-likeness (QED) is 0.451. The van der Waals surface area contributed by atoms with Crippen LogP contribution < -0.4 is 5.56 Å². The number of likely N-dealkylation sites (tertiary alicyclic amines) is 1. The van der Waals surface area contributed by atoms with Gasteiger partial charge >= 0.3 is 0 Å². The number of nitrogens with zero attached hydrogens (tertiary/aromatic N) is 3. The van der Waals surface area contributed by atoms with Crippen molar-refractivity contribution < 1.29 is 4.79 Å². The zero-order valence-electron chi connectivity index (χ0n) is 17.3. The lowest BCUT2D eigenvalue weighted by molar-refractivity contribution is -0.128. The van der Waals surface area contributed by atoms with Crippen molar-refractivity contribution in [1.29, 1.82) is 0 Å². The maximum atomic E-state index is 13.3. The van der Waals surface area contributed by atoms with E-state index in [1.165, 1.54) is 30.2 Å². The highest BCUT2D eigenvalue weighted by Gasteiger charge is 2.19. The standard InChI is InChI=1S/C24H27N3O2S/c1-2-18-11-13-19(14-12-18)27-23(29)20-9-5-6-10-21(20)25-24(27)30-17-22(28)26-15-7-3-4-8-16-26/h5-6,9-14H,2-4,7-8,15-17H2,1H3. The predicted molar refractivity (Wildman–Crippen MR) is 122 cm³/mol. The number of aryl methyl sites for hydroxylation is 1. The summed E-state index contributed by atoms with van der Waals surface area (Å²) in [6, 6.07) is 15.4. The van der Waals surface area contributed by atoms with Gasteiger partial charge in [0.1, 0.15) is 0 Å². The van der Waals surface area contributed by atoms with E-state index in [0.717, 1.165) is 38.0 Å². The van der Waals surface area contributed by atoms with E-state index in [2.05, 4.69) is 6.92 Å². The Morgan fingerprint density at radius 2 is 1.70 bits per heavy atom. The van der Waals surface area contributed by atoms with Crippen LogP contribution in [0.3, 0.4) is 0 Å². The predicted octanol–water partition coefficient (Wildman–Crippen LogP) is 4.44. The van der Waals surface area contributed by atoms with Crippen LogP contribution in [0.1, 0.15) is 38.2 Å². The van der Waals surface area contributed by atoms with Crippen LogP contribution in [-0.2, 0) is 11.2 Å². The summed E-state index contributed by atoms with van der Waals surface area (Å²) in [5, 5.41) is 1.14. The molecular formula is C24H27N3O2S. The maximum Gasteiger partial charge on any atom is 0.266 e. The van der Waals surface area contributed by atoms with Crippen LogP contribution >= 0.6 is 11.8 Å². The Morgan fingerprint density at radius 3 is 2.40 bits per heavy atom. The van der Waals surface area contributed by atoms with Gasteiger partial charge in [0.15, 0.2) is 5.16 Å². The van der Waals surface area contributed by atoms with E-state index < -0.39 is 0 Å². The minimum atomic E-state index is -0.102. The summed E-state index contributed by atoms with van der Waals surface area (Å²) in [7, 11) is 0. The topological polar surface area (TPSA) is 55.2 Å². The summed E-state index contributed by atoms with van der Waals surface area (Å²) >= 11 is 1.35. The molecule has 6 heteroatoms. The first-order valence-corrected chi connectivity index (χ1v) is 11.7. The summed E-state index contributed by atoms with van der Waals surface area (Å²) < 4.78 is 1.64. The van der Waals surface area contributed by atoms with E-state index in [-0.39, 0.29) is 17.2 Å². The largest absolute Gasteiger partial charge is 0.342 e. The Balaban J connectivity index is 1.68. The van der Waals surface area contributed by atoms with Gasteiger partial charge in [-0.2, -0.15) is 0 Å². The lowest BCUT2D eigenvalue weighted by Gasteiger charge is -2.20. The number of thioether (sulfide) groups is 1. The number of amides is 1. The number of para-hydroxylation sites is 1. The molecule has 0 radical (unpaired) electrons. The smallest absolute Gasteiger partial charge is 0.266 e. The van der Waals surface area contributed by atoms with Crippen LogP contribution in [0.2, 0.25) is 0 Å². The van der Waals surface area contributed by atoms with E-state index in [1.807, 2.05) is 47.4 Å². The number of hydrogen-bond donors (Lipinski definition) is 0. The molecule has 1 amide bonds. The molecule has 1 fully saturated rings. The highest BCUT2D eigenvalue weighted by molar-refractivity contribution is 7.99. The van der Waals surface area contributed by atoms with Crippen molar-refractivity contribution in [3.05, 3.63) is 64.4 Å². The van der Waals surface area contributed by atoms with Crippen molar-refractivity contribution in [2.75, 3.05) is 18.8 Å². The van der Waals surface area contributed by atoms with Gasteiger partial charge in [0, 0.05) is 13.1 Å². The number of benzene rings is 2. The zero-order chi connectivity index (χ0) is 20.9. The van der Waals surface area contributed by atoms with Crippen molar-refractivity contribution in [2.24, 2.45) is 0 Å². The van der Waals surface area contributed by atoms with E-state index in [1.54, 1.807) is 10.6 Å². The molecule has 1 aromatic heterocycles. The van der Waals surface area contributed by atoms with E-state index in [0.29, 0.717) is 16.1 Å². The molecular weight excluding hydrogens is 394 g/mol. The number of rotatable bonds is 5. The van der Waals surface area contributed by atoms with Gasteiger partial charge in [-0.25, -0.2) is 4.98 Å². The van der Waals surface area contributed by atoms with Gasteiger partial charge < -0.3 is 4.90 Å². The molecule has 0 saturated carbocycles. The highest BCUT2D eigenvalue weighted by atomic mass is 32.2. The molecule has 2 aromatic carbocycles. The van der Waals surface area contributed by atoms with Crippen molar-refractivity contribution in [1.82, 2.24) is 14.5 Å². The van der Waals surface area contributed by atoms with Gasteiger partial charge in [0.05, 0.1) is 22.3 Å². The number of carbonyl (C=O) groups is 1. The molecule has 5 nitrogen and oxygen atoms in total. The Labute approximate surface area is 181 Å². The van der Waals surface area contributed by atoms with E-state index >= 15 is 0 Å². The molecule has 156 valence electrons.